The zero-order valence-corrected chi connectivity index (χ0v) is 10.6. The van der Waals surface area contributed by atoms with Gasteiger partial charge in [0.05, 0.1) is 0 Å². The molecule has 82 valence electrons. The molecule has 0 N–H and O–H groups in total. The summed E-state index contributed by atoms with van der Waals surface area (Å²) in [6.07, 6.45) is 8.11. The molecule has 0 heteroatoms. The van der Waals surface area contributed by atoms with Gasteiger partial charge in [0.15, 0.2) is 0 Å². The van der Waals surface area contributed by atoms with Crippen LogP contribution in [0.5, 0.6) is 0 Å². The summed E-state index contributed by atoms with van der Waals surface area (Å²) in [4.78, 5) is 0. The number of hydrogen-bond acceptors (Lipinski definition) is 0. The van der Waals surface area contributed by atoms with E-state index in [4.69, 9.17) is 0 Å². The summed E-state index contributed by atoms with van der Waals surface area (Å²) < 4.78 is 0. The zero-order chi connectivity index (χ0) is 11.2. The summed E-state index contributed by atoms with van der Waals surface area (Å²) in [5.74, 6) is 0.774. The summed E-state index contributed by atoms with van der Waals surface area (Å²) in [5.41, 5.74) is 1.66. The van der Waals surface area contributed by atoms with Crippen molar-refractivity contribution in [1.82, 2.24) is 0 Å². The van der Waals surface area contributed by atoms with Crippen LogP contribution in [0.3, 0.4) is 0 Å². The quantitative estimate of drug-likeness (QED) is 0.524. The molecular formula is C14H26. The van der Waals surface area contributed by atoms with Crippen LogP contribution in [0.1, 0.15) is 53.9 Å². The predicted molar refractivity (Wildman–Crippen MR) is 66.4 cm³/mol. The largest absolute Gasteiger partial charge is 0.100 e. The van der Waals surface area contributed by atoms with Crippen molar-refractivity contribution in [2.45, 2.75) is 53.9 Å². The first-order valence-corrected chi connectivity index (χ1v) is 5.63. The molecule has 0 radical (unpaired) electrons. The molecule has 0 unspecified atom stereocenters. The summed E-state index contributed by atoms with van der Waals surface area (Å²) in [5, 5.41) is 0. The number of rotatable bonds is 6. The molecular weight excluding hydrogens is 168 g/mol. The van der Waals surface area contributed by atoms with Crippen molar-refractivity contribution in [2.75, 3.05) is 0 Å². The molecule has 0 aromatic rings. The Hall–Kier alpha value is -0.520. The lowest BCUT2D eigenvalue weighted by molar-refractivity contribution is 0.367. The van der Waals surface area contributed by atoms with Crippen LogP contribution in [0.2, 0.25) is 0 Å². The number of allylic oxidation sites excluding steroid dienone is 3. The average Bonchev–Trinajstić information content (AvgIpc) is 1.95. The minimum Gasteiger partial charge on any atom is -0.100 e. The normalized spacial score (nSPS) is 12.7. The van der Waals surface area contributed by atoms with Crippen molar-refractivity contribution >= 4 is 0 Å². The zero-order valence-electron chi connectivity index (χ0n) is 10.6. The van der Waals surface area contributed by atoms with E-state index in [1.807, 2.05) is 0 Å². The topological polar surface area (TPSA) is 0 Å². The van der Waals surface area contributed by atoms with Crippen LogP contribution in [0, 0.1) is 11.3 Å². The molecule has 0 atom stereocenters. The van der Waals surface area contributed by atoms with Gasteiger partial charge in [0.25, 0.3) is 0 Å². The van der Waals surface area contributed by atoms with Gasteiger partial charge >= 0.3 is 0 Å². The Morgan fingerprint density at radius 3 is 2.29 bits per heavy atom. The Morgan fingerprint density at radius 2 is 1.86 bits per heavy atom. The maximum Gasteiger partial charge on any atom is -0.0271 e. The first-order chi connectivity index (χ1) is 6.33. The highest BCUT2D eigenvalue weighted by Gasteiger charge is 2.15. The Bertz CT molecular complexity index is 194. The van der Waals surface area contributed by atoms with Crippen molar-refractivity contribution in [1.29, 1.82) is 0 Å². The molecule has 0 aliphatic carbocycles. The Kier molecular flexibility index (Phi) is 5.83. The summed E-state index contributed by atoms with van der Waals surface area (Å²) >= 11 is 0. The molecule has 0 saturated heterocycles. The molecule has 14 heavy (non-hydrogen) atoms. The lowest BCUT2D eigenvalue weighted by atomic mass is 9.83. The number of hydrogen-bond donors (Lipinski definition) is 0. The van der Waals surface area contributed by atoms with Crippen LogP contribution in [-0.2, 0) is 0 Å². The van der Waals surface area contributed by atoms with Gasteiger partial charge < -0.3 is 0 Å². The SMILES string of the molecule is C=C(C)CC(C)(C)CC=CCC(C)C. The van der Waals surface area contributed by atoms with Crippen molar-refractivity contribution in [3.8, 4) is 0 Å². The minimum atomic E-state index is 0.374. The van der Waals surface area contributed by atoms with Gasteiger partial charge in [-0.15, -0.1) is 6.58 Å². The van der Waals surface area contributed by atoms with Crippen molar-refractivity contribution in [3.05, 3.63) is 24.3 Å². The van der Waals surface area contributed by atoms with E-state index in [1.165, 1.54) is 12.0 Å². The summed E-state index contributed by atoms with van der Waals surface area (Å²) in [6.45, 7) is 15.2. The predicted octanol–water partition coefficient (Wildman–Crippen LogP) is 4.97. The van der Waals surface area contributed by atoms with Gasteiger partial charge in [-0.25, -0.2) is 0 Å². The van der Waals surface area contributed by atoms with E-state index in [0.29, 0.717) is 5.41 Å². The third-order valence-corrected chi connectivity index (χ3v) is 2.22. The molecule has 0 saturated carbocycles. The molecule has 0 aliphatic heterocycles. The molecule has 0 aliphatic rings. The molecule has 0 bridgehead atoms. The second-order valence-electron chi connectivity index (χ2n) is 5.60. The molecule has 0 aromatic carbocycles. The van der Waals surface area contributed by atoms with E-state index in [9.17, 15) is 0 Å². The van der Waals surface area contributed by atoms with E-state index in [-0.39, 0.29) is 0 Å². The first-order valence-electron chi connectivity index (χ1n) is 5.63. The van der Waals surface area contributed by atoms with E-state index in [2.05, 4.69) is 53.3 Å². The van der Waals surface area contributed by atoms with Crippen molar-refractivity contribution in [2.24, 2.45) is 11.3 Å². The lowest BCUT2D eigenvalue weighted by Crippen LogP contribution is -2.09. The van der Waals surface area contributed by atoms with Crippen LogP contribution in [0.15, 0.2) is 24.3 Å². The Morgan fingerprint density at radius 1 is 1.29 bits per heavy atom. The van der Waals surface area contributed by atoms with Gasteiger partial charge in [-0.05, 0) is 37.5 Å². The van der Waals surface area contributed by atoms with Crippen LogP contribution < -0.4 is 0 Å². The minimum absolute atomic E-state index is 0.374. The van der Waals surface area contributed by atoms with Crippen LogP contribution >= 0.6 is 0 Å². The molecule has 0 fully saturated rings. The second kappa shape index (κ2) is 6.06. The van der Waals surface area contributed by atoms with Crippen LogP contribution in [0.25, 0.3) is 0 Å². The van der Waals surface area contributed by atoms with E-state index in [1.54, 1.807) is 0 Å². The standard InChI is InChI=1S/C14H26/c1-12(2)9-7-8-10-14(5,6)11-13(3)4/h7-8,12H,3,9-11H2,1-2,4-6H3. The van der Waals surface area contributed by atoms with E-state index in [0.717, 1.165) is 18.8 Å². The van der Waals surface area contributed by atoms with Crippen LogP contribution in [-0.4, -0.2) is 0 Å². The Labute approximate surface area is 90.1 Å². The van der Waals surface area contributed by atoms with Gasteiger partial charge in [0.1, 0.15) is 0 Å². The van der Waals surface area contributed by atoms with Gasteiger partial charge in [-0.2, -0.15) is 0 Å². The molecule has 0 amide bonds. The monoisotopic (exact) mass is 194 g/mol. The maximum atomic E-state index is 3.97. The van der Waals surface area contributed by atoms with Gasteiger partial charge in [-0.1, -0.05) is 45.4 Å². The lowest BCUT2D eigenvalue weighted by Gasteiger charge is -2.22. The average molecular weight is 194 g/mol. The second-order valence-corrected chi connectivity index (χ2v) is 5.60. The van der Waals surface area contributed by atoms with Crippen molar-refractivity contribution < 1.29 is 0 Å². The third-order valence-electron chi connectivity index (χ3n) is 2.22. The summed E-state index contributed by atoms with van der Waals surface area (Å²) in [6, 6.07) is 0. The smallest absolute Gasteiger partial charge is 0.0271 e. The van der Waals surface area contributed by atoms with Gasteiger partial charge in [-0.3, -0.25) is 0 Å². The maximum absolute atomic E-state index is 3.97. The summed E-state index contributed by atoms with van der Waals surface area (Å²) in [7, 11) is 0. The fourth-order valence-corrected chi connectivity index (χ4v) is 1.66. The molecule has 0 aromatic heterocycles. The third kappa shape index (κ3) is 8.10. The molecule has 0 nitrogen and oxygen atoms in total. The van der Waals surface area contributed by atoms with Crippen LogP contribution in [0.4, 0.5) is 0 Å². The highest BCUT2D eigenvalue weighted by molar-refractivity contribution is 4.97. The fraction of sp³-hybridized carbons (Fsp3) is 0.714. The van der Waals surface area contributed by atoms with E-state index >= 15 is 0 Å². The fourth-order valence-electron chi connectivity index (χ4n) is 1.66. The van der Waals surface area contributed by atoms with Gasteiger partial charge in [0, 0.05) is 0 Å². The molecule has 0 heterocycles. The molecule has 0 spiro atoms. The van der Waals surface area contributed by atoms with E-state index < -0.39 is 0 Å². The highest BCUT2D eigenvalue weighted by atomic mass is 14.2. The highest BCUT2D eigenvalue weighted by Crippen LogP contribution is 2.28. The van der Waals surface area contributed by atoms with Gasteiger partial charge in [0.2, 0.25) is 0 Å². The molecule has 0 rings (SSSR count). The Balaban J connectivity index is 3.86. The first kappa shape index (κ1) is 13.5. The van der Waals surface area contributed by atoms with Crippen molar-refractivity contribution in [3.63, 3.8) is 0 Å².